The van der Waals surface area contributed by atoms with E-state index in [1.807, 2.05) is 17.8 Å². The van der Waals surface area contributed by atoms with Gasteiger partial charge in [-0.05, 0) is 12.5 Å². The molecule has 0 aromatic carbocycles. The van der Waals surface area contributed by atoms with Crippen molar-refractivity contribution in [3.8, 4) is 0 Å². The third kappa shape index (κ3) is 4.29. The molecule has 1 saturated heterocycles. The Bertz CT molecular complexity index is 377. The number of rotatable bonds is 4. The van der Waals surface area contributed by atoms with Crippen LogP contribution in [0.2, 0.25) is 0 Å². The normalized spacial score (nSPS) is 19.1. The van der Waals surface area contributed by atoms with Crippen molar-refractivity contribution in [3.05, 3.63) is 18.0 Å². The Morgan fingerprint density at radius 2 is 2.56 bits per heavy atom. The molecule has 1 aliphatic rings. The van der Waals surface area contributed by atoms with Crippen LogP contribution in [0.15, 0.2) is 12.4 Å². The molecule has 0 aliphatic carbocycles. The lowest BCUT2D eigenvalue weighted by atomic mass is 10.2. The lowest BCUT2D eigenvalue weighted by molar-refractivity contribution is -0.125. The molecule has 1 aliphatic heterocycles. The smallest absolute Gasteiger partial charge is 0.239 e. The molecule has 1 aromatic rings. The predicted octanol–water partition coefficient (Wildman–Crippen LogP) is -0.282. The quantitative estimate of drug-likeness (QED) is 0.792. The number of morpholine rings is 1. The third-order valence-electron chi connectivity index (χ3n) is 2.64. The zero-order valence-corrected chi connectivity index (χ0v) is 11.2. The zero-order valence-electron chi connectivity index (χ0n) is 10.4. The van der Waals surface area contributed by atoms with E-state index in [2.05, 4.69) is 15.7 Å². The molecule has 2 heterocycles. The van der Waals surface area contributed by atoms with Gasteiger partial charge in [-0.1, -0.05) is 0 Å². The highest BCUT2D eigenvalue weighted by Gasteiger charge is 2.20. The summed E-state index contributed by atoms with van der Waals surface area (Å²) in [6, 6.07) is -0.219. The molecule has 1 fully saturated rings. The number of hydrogen-bond acceptors (Lipinski definition) is 4. The molecule has 1 aromatic heterocycles. The van der Waals surface area contributed by atoms with Crippen molar-refractivity contribution >= 4 is 18.3 Å². The average Bonchev–Trinajstić information content (AvgIpc) is 2.76. The Balaban J connectivity index is 0.00000162. The number of aromatic nitrogens is 2. The Kier molecular flexibility index (Phi) is 6.11. The maximum Gasteiger partial charge on any atom is 0.239 e. The van der Waals surface area contributed by atoms with Crippen molar-refractivity contribution in [3.63, 3.8) is 0 Å². The summed E-state index contributed by atoms with van der Waals surface area (Å²) in [6.07, 6.45) is 3.76. The lowest BCUT2D eigenvalue weighted by Crippen LogP contribution is -2.51. The molecule has 0 radical (unpaired) electrons. The fourth-order valence-electron chi connectivity index (χ4n) is 1.74. The van der Waals surface area contributed by atoms with Crippen molar-refractivity contribution in [1.82, 2.24) is 20.4 Å². The topological polar surface area (TPSA) is 68.2 Å². The van der Waals surface area contributed by atoms with Crippen LogP contribution in [0.3, 0.4) is 0 Å². The van der Waals surface area contributed by atoms with E-state index in [-0.39, 0.29) is 24.4 Å². The van der Waals surface area contributed by atoms with Gasteiger partial charge in [0.05, 0.1) is 26.0 Å². The summed E-state index contributed by atoms with van der Waals surface area (Å²) in [5, 5.41) is 10.1. The van der Waals surface area contributed by atoms with Crippen LogP contribution in [-0.2, 0) is 16.1 Å². The van der Waals surface area contributed by atoms with Gasteiger partial charge in [-0.15, -0.1) is 12.4 Å². The standard InChI is InChI=1S/C11H18N4O2.ClH/c1-9-6-14-15(7-9)4-2-13-11(16)10-8-17-5-3-12-10;/h6-7,10,12H,2-5,8H2,1H3,(H,13,16);1H. The summed E-state index contributed by atoms with van der Waals surface area (Å²) in [6.45, 7) is 5.12. The van der Waals surface area contributed by atoms with Gasteiger partial charge in [0.25, 0.3) is 0 Å². The molecule has 1 atom stereocenters. The number of nitrogens with one attached hydrogen (secondary N) is 2. The highest BCUT2D eigenvalue weighted by molar-refractivity contribution is 5.85. The van der Waals surface area contributed by atoms with Crippen LogP contribution in [0, 0.1) is 6.92 Å². The molecule has 2 N–H and O–H groups in total. The maximum absolute atomic E-state index is 11.7. The van der Waals surface area contributed by atoms with E-state index < -0.39 is 0 Å². The summed E-state index contributed by atoms with van der Waals surface area (Å²) < 4.78 is 7.05. The molecule has 0 spiro atoms. The molecular weight excluding hydrogens is 256 g/mol. The van der Waals surface area contributed by atoms with Crippen molar-refractivity contribution in [2.24, 2.45) is 0 Å². The van der Waals surface area contributed by atoms with E-state index >= 15 is 0 Å². The van der Waals surface area contributed by atoms with Crippen molar-refractivity contribution in [2.45, 2.75) is 19.5 Å². The third-order valence-corrected chi connectivity index (χ3v) is 2.64. The summed E-state index contributed by atoms with van der Waals surface area (Å²) in [5.41, 5.74) is 1.12. The molecule has 18 heavy (non-hydrogen) atoms. The van der Waals surface area contributed by atoms with Gasteiger partial charge in [-0.2, -0.15) is 5.10 Å². The summed E-state index contributed by atoms with van der Waals surface area (Å²) in [4.78, 5) is 11.7. The van der Waals surface area contributed by atoms with Crippen molar-refractivity contribution < 1.29 is 9.53 Å². The SMILES string of the molecule is Cc1cnn(CCNC(=O)C2COCCN2)c1.Cl. The van der Waals surface area contributed by atoms with Gasteiger partial charge in [0.2, 0.25) is 5.91 Å². The van der Waals surface area contributed by atoms with Gasteiger partial charge in [0, 0.05) is 19.3 Å². The molecule has 1 unspecified atom stereocenters. The first-order valence-corrected chi connectivity index (χ1v) is 5.83. The Morgan fingerprint density at radius 1 is 1.72 bits per heavy atom. The van der Waals surface area contributed by atoms with E-state index in [0.717, 1.165) is 12.1 Å². The summed E-state index contributed by atoms with van der Waals surface area (Å²) in [5.74, 6) is -0.00595. The van der Waals surface area contributed by atoms with Gasteiger partial charge in [0.1, 0.15) is 6.04 Å². The summed E-state index contributed by atoms with van der Waals surface area (Å²) in [7, 11) is 0. The van der Waals surface area contributed by atoms with Crippen LogP contribution in [0.1, 0.15) is 5.56 Å². The Hall–Kier alpha value is -1.11. The van der Waals surface area contributed by atoms with Gasteiger partial charge in [0.15, 0.2) is 0 Å². The first-order valence-electron chi connectivity index (χ1n) is 5.83. The Morgan fingerprint density at radius 3 is 3.17 bits per heavy atom. The fraction of sp³-hybridized carbons (Fsp3) is 0.636. The van der Waals surface area contributed by atoms with E-state index in [4.69, 9.17) is 4.74 Å². The minimum Gasteiger partial charge on any atom is -0.378 e. The van der Waals surface area contributed by atoms with Crippen LogP contribution in [-0.4, -0.2) is 48.0 Å². The van der Waals surface area contributed by atoms with Crippen LogP contribution in [0.4, 0.5) is 0 Å². The van der Waals surface area contributed by atoms with E-state index in [1.165, 1.54) is 0 Å². The molecule has 0 bridgehead atoms. The monoisotopic (exact) mass is 274 g/mol. The largest absolute Gasteiger partial charge is 0.378 e. The fourth-order valence-corrected chi connectivity index (χ4v) is 1.74. The number of aryl methyl sites for hydroxylation is 1. The second kappa shape index (κ2) is 7.35. The van der Waals surface area contributed by atoms with E-state index in [1.54, 1.807) is 6.20 Å². The molecule has 0 saturated carbocycles. The summed E-state index contributed by atoms with van der Waals surface area (Å²) >= 11 is 0. The first-order chi connectivity index (χ1) is 8.25. The van der Waals surface area contributed by atoms with Crippen molar-refractivity contribution in [2.75, 3.05) is 26.3 Å². The zero-order chi connectivity index (χ0) is 12.1. The van der Waals surface area contributed by atoms with Crippen LogP contribution < -0.4 is 10.6 Å². The predicted molar refractivity (Wildman–Crippen MR) is 69.8 cm³/mol. The van der Waals surface area contributed by atoms with Crippen LogP contribution >= 0.6 is 12.4 Å². The number of hydrogen-bond donors (Lipinski definition) is 2. The Labute approximate surface area is 112 Å². The molecule has 2 rings (SSSR count). The van der Waals surface area contributed by atoms with Gasteiger partial charge >= 0.3 is 0 Å². The molecule has 7 heteroatoms. The minimum absolute atomic E-state index is 0. The number of amides is 1. The van der Waals surface area contributed by atoms with Gasteiger partial charge in [-0.25, -0.2) is 0 Å². The number of halogens is 1. The minimum atomic E-state index is -0.219. The highest BCUT2D eigenvalue weighted by Crippen LogP contribution is 1.94. The number of ether oxygens (including phenoxy) is 1. The van der Waals surface area contributed by atoms with Crippen molar-refractivity contribution in [1.29, 1.82) is 0 Å². The maximum atomic E-state index is 11.7. The average molecular weight is 275 g/mol. The lowest BCUT2D eigenvalue weighted by Gasteiger charge is -2.22. The second-order valence-corrected chi connectivity index (χ2v) is 4.15. The molecule has 6 nitrogen and oxygen atoms in total. The highest BCUT2D eigenvalue weighted by atomic mass is 35.5. The first kappa shape index (κ1) is 14.9. The molecular formula is C11H19ClN4O2. The van der Waals surface area contributed by atoms with Gasteiger partial charge in [-0.3, -0.25) is 9.48 Å². The van der Waals surface area contributed by atoms with Gasteiger partial charge < -0.3 is 15.4 Å². The van der Waals surface area contributed by atoms with E-state index in [9.17, 15) is 4.79 Å². The number of nitrogens with zero attached hydrogens (tertiary/aromatic N) is 2. The van der Waals surface area contributed by atoms with E-state index in [0.29, 0.717) is 26.3 Å². The van der Waals surface area contributed by atoms with Crippen LogP contribution in [0.25, 0.3) is 0 Å². The molecule has 1 amide bonds. The number of carbonyl (C=O) groups excluding carboxylic acids is 1. The second-order valence-electron chi connectivity index (χ2n) is 4.15. The van der Waals surface area contributed by atoms with Crippen LogP contribution in [0.5, 0.6) is 0 Å². The molecule has 102 valence electrons. The number of carbonyl (C=O) groups is 1.